The van der Waals surface area contributed by atoms with Gasteiger partial charge in [-0.15, -0.1) is 11.3 Å². The first-order valence-electron chi connectivity index (χ1n) is 7.54. The number of Topliss-reactive ketones (excluding diaryl/α,β-unsaturated/α-hetero) is 1. The van der Waals surface area contributed by atoms with Crippen LogP contribution in [0, 0.1) is 0 Å². The van der Waals surface area contributed by atoms with Gasteiger partial charge in [-0.3, -0.25) is 9.52 Å². The maximum Gasteiger partial charge on any atom is 0.341 e. The Morgan fingerprint density at radius 1 is 1.22 bits per heavy atom. The summed E-state index contributed by atoms with van der Waals surface area (Å²) in [4.78, 5) is 28.2. The number of nitrogens with zero attached hydrogens (tertiary/aromatic N) is 3. The summed E-state index contributed by atoms with van der Waals surface area (Å²) in [5.74, 6) is -1.09. The van der Waals surface area contributed by atoms with Crippen molar-refractivity contribution in [2.24, 2.45) is 0 Å². The summed E-state index contributed by atoms with van der Waals surface area (Å²) in [7, 11) is -3.39. The number of thiazole rings is 1. The number of hydrogen-bond acceptors (Lipinski definition) is 8. The zero-order chi connectivity index (χ0) is 19.4. The standard InChI is InChI=1S/C16H14N4O5S2/c1-27(23,24)19-13-4-2-11(3-5-13)14(21)10-25-15(22)12-8-18-20(9-12)16-17-6-7-26-16/h2-9,19H,10H2,1H3. The molecule has 0 radical (unpaired) electrons. The Kier molecular flexibility index (Phi) is 5.33. The number of esters is 1. The second-order valence-electron chi connectivity index (χ2n) is 5.44. The van der Waals surface area contributed by atoms with Crippen molar-refractivity contribution in [1.29, 1.82) is 0 Å². The number of ketones is 1. The molecule has 0 amide bonds. The third-order valence-electron chi connectivity index (χ3n) is 3.28. The Morgan fingerprint density at radius 2 is 1.96 bits per heavy atom. The van der Waals surface area contributed by atoms with E-state index in [1.54, 1.807) is 11.6 Å². The molecule has 9 nitrogen and oxygen atoms in total. The Labute approximate surface area is 158 Å². The van der Waals surface area contributed by atoms with Crippen LogP contribution in [-0.4, -0.2) is 47.8 Å². The second kappa shape index (κ2) is 7.68. The molecule has 1 aromatic carbocycles. The Balaban J connectivity index is 1.58. The fraction of sp³-hybridized carbons (Fsp3) is 0.125. The molecule has 0 saturated carbocycles. The van der Waals surface area contributed by atoms with Gasteiger partial charge in [-0.1, -0.05) is 0 Å². The number of hydrogen-bond donors (Lipinski definition) is 1. The average molecular weight is 406 g/mol. The topological polar surface area (TPSA) is 120 Å². The van der Waals surface area contributed by atoms with Crippen LogP contribution in [0.1, 0.15) is 20.7 Å². The quantitative estimate of drug-likeness (QED) is 0.469. The maximum absolute atomic E-state index is 12.1. The summed E-state index contributed by atoms with van der Waals surface area (Å²) in [6.07, 6.45) is 5.45. The highest BCUT2D eigenvalue weighted by molar-refractivity contribution is 7.92. The van der Waals surface area contributed by atoms with E-state index in [2.05, 4.69) is 14.8 Å². The summed E-state index contributed by atoms with van der Waals surface area (Å²) in [5.41, 5.74) is 0.826. The zero-order valence-electron chi connectivity index (χ0n) is 14.0. The van der Waals surface area contributed by atoms with Crippen LogP contribution in [-0.2, 0) is 14.8 Å². The summed E-state index contributed by atoms with van der Waals surface area (Å²) < 4.78 is 31.1. The lowest BCUT2D eigenvalue weighted by Gasteiger charge is -2.06. The van der Waals surface area contributed by atoms with E-state index in [9.17, 15) is 18.0 Å². The molecule has 0 atom stereocenters. The second-order valence-corrected chi connectivity index (χ2v) is 8.06. The SMILES string of the molecule is CS(=O)(=O)Nc1ccc(C(=O)COC(=O)c2cnn(-c3nccs3)c2)cc1. The summed E-state index contributed by atoms with van der Waals surface area (Å²) in [5, 5.41) is 6.41. The normalized spacial score (nSPS) is 11.1. The first-order valence-corrected chi connectivity index (χ1v) is 10.3. The molecule has 3 rings (SSSR count). The third kappa shape index (κ3) is 4.99. The van der Waals surface area contributed by atoms with E-state index in [-0.39, 0.29) is 5.56 Å². The number of aromatic nitrogens is 3. The zero-order valence-corrected chi connectivity index (χ0v) is 15.7. The number of rotatable bonds is 7. The minimum Gasteiger partial charge on any atom is -0.454 e. The highest BCUT2D eigenvalue weighted by Gasteiger charge is 2.15. The summed E-state index contributed by atoms with van der Waals surface area (Å²) in [6, 6.07) is 5.80. The van der Waals surface area contributed by atoms with E-state index in [1.165, 1.54) is 52.7 Å². The van der Waals surface area contributed by atoms with Crippen LogP contribution in [0.3, 0.4) is 0 Å². The Morgan fingerprint density at radius 3 is 2.59 bits per heavy atom. The van der Waals surface area contributed by atoms with E-state index in [0.717, 1.165) is 6.26 Å². The van der Waals surface area contributed by atoms with Crippen LogP contribution in [0.4, 0.5) is 5.69 Å². The van der Waals surface area contributed by atoms with Gasteiger partial charge in [0.25, 0.3) is 0 Å². The fourth-order valence-electron chi connectivity index (χ4n) is 2.10. The number of sulfonamides is 1. The van der Waals surface area contributed by atoms with Crippen molar-refractivity contribution in [3.8, 4) is 5.13 Å². The van der Waals surface area contributed by atoms with Gasteiger partial charge in [0, 0.05) is 29.0 Å². The van der Waals surface area contributed by atoms with Crippen molar-refractivity contribution in [2.75, 3.05) is 17.6 Å². The van der Waals surface area contributed by atoms with E-state index in [0.29, 0.717) is 16.4 Å². The minimum absolute atomic E-state index is 0.200. The predicted octanol–water partition coefficient (Wildman–Crippen LogP) is 1.74. The first-order chi connectivity index (χ1) is 12.8. The van der Waals surface area contributed by atoms with Crippen LogP contribution in [0.2, 0.25) is 0 Å². The first kappa shape index (κ1) is 18.7. The number of benzene rings is 1. The molecule has 0 aliphatic carbocycles. The van der Waals surface area contributed by atoms with Gasteiger partial charge in [0.15, 0.2) is 12.4 Å². The Hall–Kier alpha value is -3.05. The Bertz CT molecular complexity index is 1060. The average Bonchev–Trinajstić information content (AvgIpc) is 3.29. The highest BCUT2D eigenvalue weighted by atomic mass is 32.2. The van der Waals surface area contributed by atoms with Crippen molar-refractivity contribution in [1.82, 2.24) is 14.8 Å². The molecular weight excluding hydrogens is 392 g/mol. The van der Waals surface area contributed by atoms with E-state index in [4.69, 9.17) is 4.74 Å². The monoisotopic (exact) mass is 406 g/mol. The van der Waals surface area contributed by atoms with Crippen LogP contribution < -0.4 is 4.72 Å². The van der Waals surface area contributed by atoms with Gasteiger partial charge in [0.05, 0.1) is 18.0 Å². The van der Waals surface area contributed by atoms with Gasteiger partial charge < -0.3 is 4.74 Å². The van der Waals surface area contributed by atoms with Crippen LogP contribution >= 0.6 is 11.3 Å². The van der Waals surface area contributed by atoms with Crippen LogP contribution in [0.5, 0.6) is 0 Å². The molecule has 0 aliphatic rings. The summed E-state index contributed by atoms with van der Waals surface area (Å²) in [6.45, 7) is -0.444. The minimum atomic E-state index is -3.39. The molecule has 3 aromatic rings. The molecule has 1 N–H and O–H groups in total. The summed E-state index contributed by atoms with van der Waals surface area (Å²) >= 11 is 1.36. The molecule has 2 aromatic heterocycles. The lowest BCUT2D eigenvalue weighted by molar-refractivity contribution is 0.0474. The molecule has 140 valence electrons. The molecule has 0 aliphatic heterocycles. The fourth-order valence-corrected chi connectivity index (χ4v) is 3.24. The molecule has 0 spiro atoms. The van der Waals surface area contributed by atoms with Crippen LogP contribution in [0.15, 0.2) is 48.2 Å². The predicted molar refractivity (Wildman–Crippen MR) is 98.8 cm³/mol. The van der Waals surface area contributed by atoms with Gasteiger partial charge >= 0.3 is 5.97 Å². The van der Waals surface area contributed by atoms with Gasteiger partial charge in [0.1, 0.15) is 0 Å². The van der Waals surface area contributed by atoms with Gasteiger partial charge in [-0.05, 0) is 24.3 Å². The van der Waals surface area contributed by atoms with E-state index in [1.807, 2.05) is 0 Å². The lowest BCUT2D eigenvalue weighted by Crippen LogP contribution is -2.14. The molecule has 2 heterocycles. The lowest BCUT2D eigenvalue weighted by atomic mass is 10.1. The number of carbonyl (C=O) groups excluding carboxylic acids is 2. The molecule has 11 heteroatoms. The molecule has 0 fully saturated rings. The van der Waals surface area contributed by atoms with E-state index >= 15 is 0 Å². The third-order valence-corrected chi connectivity index (χ3v) is 4.65. The van der Waals surface area contributed by atoms with Gasteiger partial charge in [-0.25, -0.2) is 22.9 Å². The number of nitrogens with one attached hydrogen (secondary N) is 1. The van der Waals surface area contributed by atoms with Crippen molar-refractivity contribution >= 4 is 38.8 Å². The van der Waals surface area contributed by atoms with Gasteiger partial charge in [0.2, 0.25) is 15.2 Å². The molecule has 0 unspecified atom stereocenters. The number of carbonyl (C=O) groups is 2. The van der Waals surface area contributed by atoms with Crippen molar-refractivity contribution in [2.45, 2.75) is 0 Å². The van der Waals surface area contributed by atoms with Crippen LogP contribution in [0.25, 0.3) is 5.13 Å². The number of ether oxygens (including phenoxy) is 1. The van der Waals surface area contributed by atoms with Crippen molar-refractivity contribution in [3.05, 3.63) is 59.4 Å². The smallest absolute Gasteiger partial charge is 0.341 e. The molecule has 0 saturated heterocycles. The number of anilines is 1. The van der Waals surface area contributed by atoms with Gasteiger partial charge in [-0.2, -0.15) is 5.10 Å². The highest BCUT2D eigenvalue weighted by Crippen LogP contribution is 2.13. The van der Waals surface area contributed by atoms with Crippen molar-refractivity contribution < 1.29 is 22.7 Å². The van der Waals surface area contributed by atoms with Crippen molar-refractivity contribution in [3.63, 3.8) is 0 Å². The maximum atomic E-state index is 12.1. The largest absolute Gasteiger partial charge is 0.454 e. The molecule has 0 bridgehead atoms. The molecular formula is C16H14N4O5S2. The van der Waals surface area contributed by atoms with E-state index < -0.39 is 28.4 Å². The molecule has 27 heavy (non-hydrogen) atoms.